The van der Waals surface area contributed by atoms with Gasteiger partial charge in [0, 0.05) is 11.7 Å². The van der Waals surface area contributed by atoms with Crippen LogP contribution in [0.1, 0.15) is 42.5 Å². The topological polar surface area (TPSA) is 107 Å². The number of rotatable bonds is 5. The summed E-state index contributed by atoms with van der Waals surface area (Å²) in [6, 6.07) is 4.82. The molecule has 0 bridgehead atoms. The van der Waals surface area contributed by atoms with E-state index in [1.807, 2.05) is 0 Å². The Balaban J connectivity index is 1.90. The van der Waals surface area contributed by atoms with Crippen molar-refractivity contribution in [1.29, 1.82) is 0 Å². The van der Waals surface area contributed by atoms with Crippen LogP contribution in [0, 0.1) is 0 Å². The number of carbonyl (C=O) groups excluding carboxylic acids is 2. The molecule has 0 aliphatic heterocycles. The number of primary amides is 1. The standard InChI is InChI=1S/C15H21N3O3/c16-10-6-7-13(12(8-10)15(17)20)21-9-14(19)18-11-4-2-1-3-5-11/h6-8,11H,1-5,9,16H2,(H2,17,20)(H,18,19). The van der Waals surface area contributed by atoms with Crippen molar-refractivity contribution in [3.8, 4) is 5.75 Å². The predicted octanol–water partition coefficient (Wildman–Crippen LogP) is 1.20. The lowest BCUT2D eigenvalue weighted by Gasteiger charge is -2.22. The molecule has 1 saturated carbocycles. The molecule has 6 nitrogen and oxygen atoms in total. The first-order chi connectivity index (χ1) is 10.1. The van der Waals surface area contributed by atoms with Gasteiger partial charge in [-0.25, -0.2) is 0 Å². The zero-order valence-corrected chi connectivity index (χ0v) is 11.9. The van der Waals surface area contributed by atoms with Crippen molar-refractivity contribution in [1.82, 2.24) is 5.32 Å². The van der Waals surface area contributed by atoms with Crippen molar-refractivity contribution in [2.45, 2.75) is 38.1 Å². The van der Waals surface area contributed by atoms with Crippen molar-refractivity contribution in [2.24, 2.45) is 5.73 Å². The van der Waals surface area contributed by atoms with E-state index in [0.29, 0.717) is 5.69 Å². The third-order valence-electron chi connectivity index (χ3n) is 3.60. The Labute approximate surface area is 123 Å². The molecule has 1 fully saturated rings. The maximum Gasteiger partial charge on any atom is 0.258 e. The van der Waals surface area contributed by atoms with Gasteiger partial charge < -0.3 is 21.5 Å². The fourth-order valence-electron chi connectivity index (χ4n) is 2.53. The maximum atomic E-state index is 11.9. The predicted molar refractivity (Wildman–Crippen MR) is 79.9 cm³/mol. The summed E-state index contributed by atoms with van der Waals surface area (Å²) in [5.74, 6) is -0.547. The van der Waals surface area contributed by atoms with Crippen molar-refractivity contribution in [2.75, 3.05) is 12.3 Å². The van der Waals surface area contributed by atoms with Crippen LogP contribution in [-0.4, -0.2) is 24.5 Å². The number of nitrogens with two attached hydrogens (primary N) is 2. The lowest BCUT2D eigenvalue weighted by molar-refractivity contribution is -0.124. The van der Waals surface area contributed by atoms with Gasteiger partial charge in [-0.1, -0.05) is 19.3 Å². The first kappa shape index (κ1) is 15.2. The molecule has 1 aromatic rings. The van der Waals surface area contributed by atoms with E-state index < -0.39 is 5.91 Å². The van der Waals surface area contributed by atoms with Gasteiger partial charge in [0.25, 0.3) is 11.8 Å². The molecule has 1 aliphatic carbocycles. The van der Waals surface area contributed by atoms with Gasteiger partial charge in [0.1, 0.15) is 5.75 Å². The monoisotopic (exact) mass is 291 g/mol. The fourth-order valence-corrected chi connectivity index (χ4v) is 2.53. The average molecular weight is 291 g/mol. The summed E-state index contributed by atoms with van der Waals surface area (Å²) < 4.78 is 5.39. The number of carbonyl (C=O) groups is 2. The SMILES string of the molecule is NC(=O)c1cc(N)ccc1OCC(=O)NC1CCCCC1. The minimum Gasteiger partial charge on any atom is -0.483 e. The highest BCUT2D eigenvalue weighted by Gasteiger charge is 2.17. The molecule has 0 saturated heterocycles. The van der Waals surface area contributed by atoms with Crippen LogP contribution in [-0.2, 0) is 4.79 Å². The van der Waals surface area contributed by atoms with Crippen LogP contribution < -0.4 is 21.5 Å². The third kappa shape index (κ3) is 4.37. The first-order valence-corrected chi connectivity index (χ1v) is 7.18. The normalized spacial score (nSPS) is 15.4. The molecule has 2 amide bonds. The summed E-state index contributed by atoms with van der Waals surface area (Å²) in [6.07, 6.45) is 5.56. The molecular weight excluding hydrogens is 270 g/mol. The average Bonchev–Trinajstić information content (AvgIpc) is 2.47. The Morgan fingerprint density at radius 2 is 1.95 bits per heavy atom. The Kier molecular flexibility index (Phi) is 5.03. The summed E-state index contributed by atoms with van der Waals surface area (Å²) in [6.45, 7) is -0.138. The molecule has 0 unspecified atom stereocenters. The number of nitrogen functional groups attached to an aromatic ring is 1. The highest BCUT2D eigenvalue weighted by molar-refractivity contribution is 5.96. The minimum atomic E-state index is -0.634. The summed E-state index contributed by atoms with van der Waals surface area (Å²) >= 11 is 0. The second kappa shape index (κ2) is 6.97. The van der Waals surface area contributed by atoms with Gasteiger partial charge in [-0.2, -0.15) is 0 Å². The van der Waals surface area contributed by atoms with E-state index >= 15 is 0 Å². The summed E-state index contributed by atoms with van der Waals surface area (Å²) in [5.41, 5.74) is 11.5. The summed E-state index contributed by atoms with van der Waals surface area (Å²) in [5, 5.41) is 2.94. The lowest BCUT2D eigenvalue weighted by atomic mass is 9.95. The first-order valence-electron chi connectivity index (χ1n) is 7.18. The van der Waals surface area contributed by atoms with Gasteiger partial charge in [0.15, 0.2) is 6.61 Å². The molecule has 0 radical (unpaired) electrons. The molecule has 1 aliphatic rings. The second-order valence-electron chi connectivity index (χ2n) is 5.31. The van der Waals surface area contributed by atoms with E-state index in [-0.39, 0.29) is 29.9 Å². The molecule has 0 atom stereocenters. The largest absolute Gasteiger partial charge is 0.483 e. The van der Waals surface area contributed by atoms with Gasteiger partial charge in [0.2, 0.25) is 0 Å². The smallest absolute Gasteiger partial charge is 0.258 e. The van der Waals surface area contributed by atoms with Crippen molar-refractivity contribution in [3.63, 3.8) is 0 Å². The molecule has 0 aromatic heterocycles. The molecule has 2 rings (SSSR count). The number of nitrogens with one attached hydrogen (secondary N) is 1. The highest BCUT2D eigenvalue weighted by atomic mass is 16.5. The Morgan fingerprint density at radius 3 is 2.62 bits per heavy atom. The van der Waals surface area contributed by atoms with Crippen LogP contribution in [0.5, 0.6) is 5.75 Å². The van der Waals surface area contributed by atoms with Crippen molar-refractivity contribution >= 4 is 17.5 Å². The van der Waals surface area contributed by atoms with E-state index in [1.165, 1.54) is 12.5 Å². The summed E-state index contributed by atoms with van der Waals surface area (Å²) in [4.78, 5) is 23.2. The number of hydrogen-bond acceptors (Lipinski definition) is 4. The molecule has 1 aromatic carbocycles. The molecular formula is C15H21N3O3. The Hall–Kier alpha value is -2.24. The molecule has 0 spiro atoms. The van der Waals surface area contributed by atoms with Crippen LogP contribution in [0.4, 0.5) is 5.69 Å². The van der Waals surface area contributed by atoms with E-state index in [2.05, 4.69) is 5.32 Å². The van der Waals surface area contributed by atoms with Crippen LogP contribution >= 0.6 is 0 Å². The highest BCUT2D eigenvalue weighted by Crippen LogP contribution is 2.21. The van der Waals surface area contributed by atoms with Crippen molar-refractivity contribution < 1.29 is 14.3 Å². The van der Waals surface area contributed by atoms with E-state index in [4.69, 9.17) is 16.2 Å². The lowest BCUT2D eigenvalue weighted by Crippen LogP contribution is -2.39. The van der Waals surface area contributed by atoms with Gasteiger partial charge in [-0.15, -0.1) is 0 Å². The van der Waals surface area contributed by atoms with Gasteiger partial charge in [-0.3, -0.25) is 9.59 Å². The number of benzene rings is 1. The minimum absolute atomic E-state index is 0.138. The van der Waals surface area contributed by atoms with Crippen molar-refractivity contribution in [3.05, 3.63) is 23.8 Å². The Morgan fingerprint density at radius 1 is 1.24 bits per heavy atom. The van der Waals surface area contributed by atoms with Crippen LogP contribution in [0.15, 0.2) is 18.2 Å². The number of hydrogen-bond donors (Lipinski definition) is 3. The van der Waals surface area contributed by atoms with Gasteiger partial charge in [0.05, 0.1) is 5.56 Å². The molecule has 0 heterocycles. The summed E-state index contributed by atoms with van der Waals surface area (Å²) in [7, 11) is 0. The number of ether oxygens (including phenoxy) is 1. The zero-order valence-electron chi connectivity index (χ0n) is 11.9. The van der Waals surface area contributed by atoms with E-state index in [9.17, 15) is 9.59 Å². The van der Waals surface area contributed by atoms with Crippen LogP contribution in [0.3, 0.4) is 0 Å². The van der Waals surface area contributed by atoms with Crippen LogP contribution in [0.2, 0.25) is 0 Å². The second-order valence-corrected chi connectivity index (χ2v) is 5.31. The number of anilines is 1. The van der Waals surface area contributed by atoms with E-state index in [0.717, 1.165) is 25.7 Å². The molecule has 5 N–H and O–H groups in total. The molecule has 114 valence electrons. The van der Waals surface area contributed by atoms with Gasteiger partial charge in [-0.05, 0) is 31.0 Å². The zero-order chi connectivity index (χ0) is 15.2. The molecule has 6 heteroatoms. The quantitative estimate of drug-likeness (QED) is 0.708. The van der Waals surface area contributed by atoms with Gasteiger partial charge >= 0.3 is 0 Å². The van der Waals surface area contributed by atoms with E-state index in [1.54, 1.807) is 12.1 Å². The maximum absolute atomic E-state index is 11.9. The fraction of sp³-hybridized carbons (Fsp3) is 0.467. The number of amides is 2. The molecule has 21 heavy (non-hydrogen) atoms. The Bertz CT molecular complexity index is 525. The third-order valence-corrected chi connectivity index (χ3v) is 3.60. The van der Waals surface area contributed by atoms with Crippen LogP contribution in [0.25, 0.3) is 0 Å².